The van der Waals surface area contributed by atoms with E-state index in [1.54, 1.807) is 31.4 Å². The number of benzene rings is 3. The van der Waals surface area contributed by atoms with Crippen LogP contribution in [0.25, 0.3) is 16.3 Å². The van der Waals surface area contributed by atoms with E-state index in [1.165, 1.54) is 7.05 Å². The minimum Gasteiger partial charge on any atom is -0.500 e. The quantitative estimate of drug-likeness (QED) is 0.0402. The molecule has 4 aliphatic rings. The van der Waals surface area contributed by atoms with E-state index in [4.69, 9.17) is 25.9 Å². The lowest BCUT2D eigenvalue weighted by atomic mass is 9.94. The molecule has 0 saturated carbocycles. The summed E-state index contributed by atoms with van der Waals surface area (Å²) in [5.41, 5.74) is 6.38. The maximum absolute atomic E-state index is 13.5. The maximum Gasteiger partial charge on any atom is 0.352 e. The van der Waals surface area contributed by atoms with Gasteiger partial charge >= 0.3 is 5.97 Å². The van der Waals surface area contributed by atoms with Gasteiger partial charge in [0.2, 0.25) is 11.8 Å². The molecule has 0 radical (unpaired) electrons. The van der Waals surface area contributed by atoms with Crippen molar-refractivity contribution < 1.29 is 43.3 Å². The van der Waals surface area contributed by atoms with Crippen LogP contribution in [0.5, 0.6) is 5.75 Å². The van der Waals surface area contributed by atoms with E-state index in [2.05, 4.69) is 27.0 Å². The van der Waals surface area contributed by atoms with Gasteiger partial charge < -0.3 is 29.2 Å². The van der Waals surface area contributed by atoms with Gasteiger partial charge in [-0.25, -0.2) is 4.79 Å². The Balaban J connectivity index is 0.00000429. The molecule has 17 heteroatoms. The van der Waals surface area contributed by atoms with Gasteiger partial charge in [-0.05, 0) is 113 Å². The fourth-order valence-electron chi connectivity index (χ4n) is 9.81. The minimum atomic E-state index is -1.00. The highest BCUT2D eigenvalue weighted by Gasteiger charge is 2.43. The molecule has 0 aliphatic carbocycles. The Hall–Kier alpha value is -6.88. The Morgan fingerprint density at radius 1 is 0.890 bits per heavy atom. The van der Waals surface area contributed by atoms with Crippen molar-refractivity contribution in [1.82, 2.24) is 24.6 Å². The molecule has 0 aromatic heterocycles. The molecule has 388 valence electrons. The van der Waals surface area contributed by atoms with Gasteiger partial charge in [0.15, 0.2) is 0 Å². The summed E-state index contributed by atoms with van der Waals surface area (Å²) in [7, 11) is 3.29. The number of hydrogen-bond donors (Lipinski definition) is 1. The van der Waals surface area contributed by atoms with Gasteiger partial charge in [-0.15, -0.1) is 0 Å². The smallest absolute Gasteiger partial charge is 0.352 e. The van der Waals surface area contributed by atoms with Crippen molar-refractivity contribution in [3.05, 3.63) is 124 Å². The highest BCUT2D eigenvalue weighted by atomic mass is 35.5. The van der Waals surface area contributed by atoms with Crippen LogP contribution in [0.2, 0.25) is 5.02 Å². The number of piperidine rings is 1. The van der Waals surface area contributed by atoms with Crippen molar-refractivity contribution in [3.63, 3.8) is 0 Å². The molecule has 0 bridgehead atoms. The van der Waals surface area contributed by atoms with Crippen molar-refractivity contribution in [2.24, 2.45) is 5.10 Å². The van der Waals surface area contributed by atoms with Crippen molar-refractivity contribution in [2.75, 3.05) is 78.0 Å². The second-order valence-electron chi connectivity index (χ2n) is 18.6. The van der Waals surface area contributed by atoms with Gasteiger partial charge in [-0.2, -0.15) is 5.10 Å². The van der Waals surface area contributed by atoms with Crippen molar-refractivity contribution in [1.29, 1.82) is 0 Å². The zero-order valence-corrected chi connectivity index (χ0v) is 43.7. The van der Waals surface area contributed by atoms with Gasteiger partial charge in [0, 0.05) is 94.0 Å². The number of carboxylic acid groups (broad SMARTS) is 1. The standard InChI is InChI=1S/C55H66ClN7O8.CH2O/c1-37(15-13-33-71-48-22-11-17-41-16-7-8-19-43(41)48)52(55(68)69)62(46-21-12-20-45(56)51(46)44-36-39(3)57-59(6)40(44)4)30-29-60-25-14-26-61(28-27-60)31-34-70-32-10-9-18-42-38(2)35-50(65)63(53(42)66)47-23-24-49(64)58(5)54(47)67;1-2/h7-12,16-22,32,47H,13-15,23-31,33-36H2,1-6H3,(H,68,69);1H2/b18-9-,32-10+,52-37+;. The number of likely N-dealkylation sites (N-methyl/N-ethyl adjacent to an activating group) is 1. The van der Waals surface area contributed by atoms with Gasteiger partial charge in [0.25, 0.3) is 11.8 Å². The van der Waals surface area contributed by atoms with Gasteiger partial charge in [-0.3, -0.25) is 38.9 Å². The molecule has 4 heterocycles. The first kappa shape index (κ1) is 55.4. The lowest BCUT2D eigenvalue weighted by molar-refractivity contribution is -0.160. The van der Waals surface area contributed by atoms with Crippen LogP contribution in [0.15, 0.2) is 118 Å². The van der Waals surface area contributed by atoms with Crippen LogP contribution in [0.1, 0.15) is 78.2 Å². The van der Waals surface area contributed by atoms with E-state index < -0.39 is 29.7 Å². The largest absolute Gasteiger partial charge is 0.500 e. The number of hydrazone groups is 1. The number of allylic oxidation sites excluding steroid dienone is 5. The number of carboxylic acids is 1. The fraction of sp³-hybridized carbons (Fsp3) is 0.411. The van der Waals surface area contributed by atoms with Crippen LogP contribution in [-0.2, 0) is 33.5 Å². The summed E-state index contributed by atoms with van der Waals surface area (Å²) in [5, 5.41) is 20.3. The molecule has 2 saturated heterocycles. The Labute approximate surface area is 433 Å². The molecule has 0 spiro atoms. The summed E-state index contributed by atoms with van der Waals surface area (Å²) in [6.45, 7) is 15.6. The van der Waals surface area contributed by atoms with Crippen LogP contribution < -0.4 is 9.64 Å². The molecular weight excluding hydrogens is 950 g/mol. The van der Waals surface area contributed by atoms with Gasteiger partial charge in [0.1, 0.15) is 24.3 Å². The Bertz CT molecular complexity index is 2740. The predicted molar refractivity (Wildman–Crippen MR) is 285 cm³/mol. The number of carbonyl (C=O) groups is 6. The summed E-state index contributed by atoms with van der Waals surface area (Å²) in [6.07, 6.45) is 9.44. The molecule has 73 heavy (non-hydrogen) atoms. The van der Waals surface area contributed by atoms with E-state index in [0.717, 1.165) is 92.7 Å². The van der Waals surface area contributed by atoms with Crippen molar-refractivity contribution >= 4 is 75.7 Å². The zero-order valence-electron chi connectivity index (χ0n) is 42.9. The number of aliphatic carboxylic acids is 1. The summed E-state index contributed by atoms with van der Waals surface area (Å²) in [6, 6.07) is 18.9. The Morgan fingerprint density at radius 3 is 2.36 bits per heavy atom. The van der Waals surface area contributed by atoms with Crippen LogP contribution in [-0.4, -0.2) is 151 Å². The van der Waals surface area contributed by atoms with Crippen molar-refractivity contribution in [3.8, 4) is 5.75 Å². The molecule has 3 aromatic rings. The number of halogens is 1. The Kier molecular flexibility index (Phi) is 19.9. The number of hydrogen-bond acceptors (Lipinski definition) is 13. The number of carbonyl (C=O) groups excluding carboxylic acids is 5. The summed E-state index contributed by atoms with van der Waals surface area (Å²) < 4.78 is 12.1. The number of anilines is 1. The lowest BCUT2D eigenvalue weighted by Crippen LogP contribution is -2.57. The summed E-state index contributed by atoms with van der Waals surface area (Å²) in [4.78, 5) is 81.5. The van der Waals surface area contributed by atoms with Crippen LogP contribution in [0.4, 0.5) is 5.69 Å². The topological polar surface area (TPSA) is 173 Å². The third-order valence-corrected chi connectivity index (χ3v) is 14.1. The lowest BCUT2D eigenvalue weighted by Gasteiger charge is -2.37. The van der Waals surface area contributed by atoms with E-state index >= 15 is 0 Å². The summed E-state index contributed by atoms with van der Waals surface area (Å²) in [5.74, 6) is -2.06. The third-order valence-electron chi connectivity index (χ3n) is 13.8. The monoisotopic (exact) mass is 1020 g/mol. The van der Waals surface area contributed by atoms with Gasteiger partial charge in [0.05, 0.1) is 30.2 Å². The van der Waals surface area contributed by atoms with E-state index in [9.17, 15) is 29.1 Å². The average Bonchev–Trinajstić information content (AvgIpc) is 3.61. The molecule has 3 aromatic carbocycles. The number of imide groups is 2. The summed E-state index contributed by atoms with van der Waals surface area (Å²) >= 11 is 7.11. The number of nitrogens with zero attached hydrogens (tertiary/aromatic N) is 7. The zero-order chi connectivity index (χ0) is 52.8. The number of fused-ring (bicyclic) bond motifs is 1. The van der Waals surface area contributed by atoms with E-state index in [0.29, 0.717) is 68.3 Å². The van der Waals surface area contributed by atoms with Crippen LogP contribution >= 0.6 is 11.6 Å². The van der Waals surface area contributed by atoms with Crippen LogP contribution in [0.3, 0.4) is 0 Å². The molecule has 4 amide bonds. The van der Waals surface area contributed by atoms with E-state index in [1.807, 2.05) is 93.0 Å². The number of likely N-dealkylation sites (tertiary alicyclic amines) is 1. The average molecular weight is 1020 g/mol. The van der Waals surface area contributed by atoms with Crippen LogP contribution in [0, 0.1) is 0 Å². The minimum absolute atomic E-state index is 0.0118. The third kappa shape index (κ3) is 13.6. The number of ether oxygens (including phenoxy) is 2. The second-order valence-corrected chi connectivity index (χ2v) is 19.0. The molecule has 1 atom stereocenters. The SMILES string of the molecule is C=O.CC1=NN(C)C(C)=C(c2c(Cl)cccc2N(CCN2CCCN(CCO/C=C/C=C\C3=C(C)CC(=O)N(C4CCC(=O)N(C)C4=O)C3=O)CC2)/C(C(=O)O)=C(\C)CCCOc2cccc3ccccc23)C1. The molecule has 7 rings (SSSR count). The number of amides is 4. The molecule has 4 aliphatic heterocycles. The second kappa shape index (κ2) is 26.2. The molecule has 16 nitrogen and oxygen atoms in total. The molecule has 2 fully saturated rings. The highest BCUT2D eigenvalue weighted by molar-refractivity contribution is 6.33. The number of rotatable bonds is 19. The first-order chi connectivity index (χ1) is 35.1. The van der Waals surface area contributed by atoms with Gasteiger partial charge in [-0.1, -0.05) is 65.7 Å². The van der Waals surface area contributed by atoms with E-state index in [-0.39, 0.29) is 30.9 Å². The van der Waals surface area contributed by atoms with Crippen molar-refractivity contribution in [2.45, 2.75) is 78.7 Å². The predicted octanol–water partition coefficient (Wildman–Crippen LogP) is 8.09. The Morgan fingerprint density at radius 2 is 1.60 bits per heavy atom. The first-order valence-corrected chi connectivity index (χ1v) is 25.1. The molecule has 1 unspecified atom stereocenters. The highest BCUT2D eigenvalue weighted by Crippen LogP contribution is 2.41. The normalized spacial score (nSPS) is 18.9. The molecule has 1 N–H and O–H groups in total. The first-order valence-electron chi connectivity index (χ1n) is 24.8. The maximum atomic E-state index is 13.5. The fourth-order valence-corrected chi connectivity index (χ4v) is 10.1. The molecular formula is C56H68ClN7O9.